The fourth-order valence-corrected chi connectivity index (χ4v) is 3.34. The lowest BCUT2D eigenvalue weighted by atomic mass is 9.96. The number of benzene rings is 1. The van der Waals surface area contributed by atoms with Gasteiger partial charge in [0.1, 0.15) is 0 Å². The molecule has 1 aliphatic carbocycles. The van der Waals surface area contributed by atoms with Crippen molar-refractivity contribution in [1.82, 2.24) is 4.98 Å². The summed E-state index contributed by atoms with van der Waals surface area (Å²) < 4.78 is 0. The minimum Gasteiger partial charge on any atom is -0.361 e. The number of aromatic amines is 1. The predicted octanol–water partition coefficient (Wildman–Crippen LogP) is 4.52. The van der Waals surface area contributed by atoms with Gasteiger partial charge in [-0.15, -0.1) is 0 Å². The molecule has 0 radical (unpaired) electrons. The SMILES string of the molecule is Cc1cc(C)c2[nH]cc(CC3CCCC3)c2c1. The first kappa shape index (κ1) is 10.9. The molecule has 0 aliphatic heterocycles. The van der Waals surface area contributed by atoms with Crippen LogP contribution in [0.3, 0.4) is 0 Å². The van der Waals surface area contributed by atoms with Crippen molar-refractivity contribution in [2.45, 2.75) is 46.0 Å². The molecule has 0 amide bonds. The van der Waals surface area contributed by atoms with Gasteiger partial charge in [0.15, 0.2) is 0 Å². The van der Waals surface area contributed by atoms with Crippen LogP contribution in [0.5, 0.6) is 0 Å². The van der Waals surface area contributed by atoms with Crippen LogP contribution in [0.2, 0.25) is 0 Å². The third-order valence-corrected chi connectivity index (χ3v) is 4.20. The maximum absolute atomic E-state index is 3.46. The van der Waals surface area contributed by atoms with Gasteiger partial charge in [0.2, 0.25) is 0 Å². The molecule has 1 saturated carbocycles. The molecule has 1 heterocycles. The first-order valence-electron chi connectivity index (χ1n) is 6.81. The molecular formula is C16H21N. The van der Waals surface area contributed by atoms with E-state index in [-0.39, 0.29) is 0 Å². The summed E-state index contributed by atoms with van der Waals surface area (Å²) >= 11 is 0. The largest absolute Gasteiger partial charge is 0.361 e. The van der Waals surface area contributed by atoms with Crippen LogP contribution >= 0.6 is 0 Å². The Morgan fingerprint density at radius 2 is 1.94 bits per heavy atom. The molecule has 2 aromatic rings. The van der Waals surface area contributed by atoms with Crippen molar-refractivity contribution < 1.29 is 0 Å². The van der Waals surface area contributed by atoms with Gasteiger partial charge in [0.25, 0.3) is 0 Å². The van der Waals surface area contributed by atoms with Crippen LogP contribution in [0.25, 0.3) is 10.9 Å². The van der Waals surface area contributed by atoms with E-state index in [0.29, 0.717) is 0 Å². The highest BCUT2D eigenvalue weighted by molar-refractivity contribution is 5.86. The normalized spacial score (nSPS) is 17.1. The average Bonchev–Trinajstić information content (AvgIpc) is 2.89. The van der Waals surface area contributed by atoms with Crippen LogP contribution < -0.4 is 0 Å². The second-order valence-electron chi connectivity index (χ2n) is 5.67. The number of aromatic nitrogens is 1. The summed E-state index contributed by atoms with van der Waals surface area (Å²) in [4.78, 5) is 3.46. The standard InChI is InChI=1S/C16H21N/c1-11-7-12(2)16-15(8-11)14(10-17-16)9-13-5-3-4-6-13/h7-8,10,13,17H,3-6,9H2,1-2H3. The molecule has 3 rings (SSSR count). The Morgan fingerprint density at radius 1 is 1.18 bits per heavy atom. The number of hydrogen-bond acceptors (Lipinski definition) is 0. The van der Waals surface area contributed by atoms with E-state index in [1.807, 2.05) is 0 Å². The highest BCUT2D eigenvalue weighted by Crippen LogP contribution is 2.31. The molecule has 1 nitrogen and oxygen atoms in total. The van der Waals surface area contributed by atoms with Gasteiger partial charge >= 0.3 is 0 Å². The number of fused-ring (bicyclic) bond motifs is 1. The number of nitrogens with one attached hydrogen (secondary N) is 1. The Hall–Kier alpha value is -1.24. The molecule has 1 aliphatic rings. The summed E-state index contributed by atoms with van der Waals surface area (Å²) in [6.45, 7) is 4.39. The Balaban J connectivity index is 1.99. The van der Waals surface area contributed by atoms with E-state index in [0.717, 1.165) is 5.92 Å². The fraction of sp³-hybridized carbons (Fsp3) is 0.500. The van der Waals surface area contributed by atoms with Crippen LogP contribution in [0.1, 0.15) is 42.4 Å². The third-order valence-electron chi connectivity index (χ3n) is 4.20. The van der Waals surface area contributed by atoms with Crippen LogP contribution in [-0.4, -0.2) is 4.98 Å². The van der Waals surface area contributed by atoms with Crippen molar-refractivity contribution in [1.29, 1.82) is 0 Å². The van der Waals surface area contributed by atoms with Gasteiger partial charge in [-0.1, -0.05) is 37.3 Å². The van der Waals surface area contributed by atoms with Gasteiger partial charge in [0, 0.05) is 17.1 Å². The third kappa shape index (κ3) is 1.99. The Labute approximate surface area is 103 Å². The number of H-pyrrole nitrogens is 1. The van der Waals surface area contributed by atoms with Gasteiger partial charge < -0.3 is 4.98 Å². The maximum atomic E-state index is 3.46. The van der Waals surface area contributed by atoms with E-state index < -0.39 is 0 Å². The molecule has 1 fully saturated rings. The summed E-state index contributed by atoms with van der Waals surface area (Å²) in [5, 5.41) is 1.45. The maximum Gasteiger partial charge on any atom is 0.0486 e. The second-order valence-corrected chi connectivity index (χ2v) is 5.67. The zero-order valence-corrected chi connectivity index (χ0v) is 10.8. The van der Waals surface area contributed by atoms with Gasteiger partial charge in [0.05, 0.1) is 0 Å². The van der Waals surface area contributed by atoms with Crippen LogP contribution in [0, 0.1) is 19.8 Å². The van der Waals surface area contributed by atoms with E-state index in [4.69, 9.17) is 0 Å². The summed E-state index contributed by atoms with van der Waals surface area (Å²) in [5.74, 6) is 0.926. The van der Waals surface area contributed by atoms with Crippen LogP contribution in [0.4, 0.5) is 0 Å². The number of hydrogen-bond donors (Lipinski definition) is 1. The molecule has 0 saturated heterocycles. The van der Waals surface area contributed by atoms with Crippen molar-refractivity contribution in [3.05, 3.63) is 35.0 Å². The van der Waals surface area contributed by atoms with Crippen molar-refractivity contribution in [3.8, 4) is 0 Å². The molecule has 0 spiro atoms. The lowest BCUT2D eigenvalue weighted by Crippen LogP contribution is -1.97. The van der Waals surface area contributed by atoms with Crippen molar-refractivity contribution >= 4 is 10.9 Å². The highest BCUT2D eigenvalue weighted by atomic mass is 14.7. The molecule has 0 atom stereocenters. The van der Waals surface area contributed by atoms with E-state index in [1.54, 1.807) is 0 Å². The minimum absolute atomic E-state index is 0.926. The molecule has 0 unspecified atom stereocenters. The van der Waals surface area contributed by atoms with Crippen LogP contribution in [-0.2, 0) is 6.42 Å². The first-order valence-corrected chi connectivity index (χ1v) is 6.81. The molecule has 1 N–H and O–H groups in total. The Morgan fingerprint density at radius 3 is 2.71 bits per heavy atom. The van der Waals surface area contributed by atoms with E-state index >= 15 is 0 Å². The van der Waals surface area contributed by atoms with Gasteiger partial charge in [-0.3, -0.25) is 0 Å². The van der Waals surface area contributed by atoms with E-state index in [1.165, 1.54) is 59.7 Å². The topological polar surface area (TPSA) is 15.8 Å². The molecule has 17 heavy (non-hydrogen) atoms. The molecule has 1 aromatic carbocycles. The van der Waals surface area contributed by atoms with Crippen molar-refractivity contribution in [2.24, 2.45) is 5.92 Å². The Bertz CT molecular complexity index is 530. The summed E-state index contributed by atoms with van der Waals surface area (Å²) in [6.07, 6.45) is 9.23. The monoisotopic (exact) mass is 227 g/mol. The lowest BCUT2D eigenvalue weighted by Gasteiger charge is -2.08. The first-order chi connectivity index (χ1) is 8.24. The van der Waals surface area contributed by atoms with Gasteiger partial charge in [-0.25, -0.2) is 0 Å². The van der Waals surface area contributed by atoms with Crippen molar-refractivity contribution in [3.63, 3.8) is 0 Å². The number of aryl methyl sites for hydroxylation is 2. The van der Waals surface area contributed by atoms with E-state index in [2.05, 4.69) is 37.2 Å². The highest BCUT2D eigenvalue weighted by Gasteiger charge is 2.17. The second kappa shape index (κ2) is 4.21. The molecule has 1 heteroatoms. The molecule has 0 bridgehead atoms. The fourth-order valence-electron chi connectivity index (χ4n) is 3.34. The average molecular weight is 227 g/mol. The smallest absolute Gasteiger partial charge is 0.0486 e. The zero-order valence-electron chi connectivity index (χ0n) is 10.8. The predicted molar refractivity (Wildman–Crippen MR) is 73.4 cm³/mol. The molecule has 1 aromatic heterocycles. The van der Waals surface area contributed by atoms with Gasteiger partial charge in [-0.05, 0) is 43.4 Å². The summed E-state index contributed by atoms with van der Waals surface area (Å²) in [7, 11) is 0. The molecule has 90 valence electrons. The Kier molecular flexibility index (Phi) is 2.70. The van der Waals surface area contributed by atoms with Crippen molar-refractivity contribution in [2.75, 3.05) is 0 Å². The number of rotatable bonds is 2. The lowest BCUT2D eigenvalue weighted by molar-refractivity contribution is 0.548. The zero-order chi connectivity index (χ0) is 11.8. The molecular weight excluding hydrogens is 206 g/mol. The van der Waals surface area contributed by atoms with Gasteiger partial charge in [-0.2, -0.15) is 0 Å². The minimum atomic E-state index is 0.926. The van der Waals surface area contributed by atoms with E-state index in [9.17, 15) is 0 Å². The summed E-state index contributed by atoms with van der Waals surface area (Å²) in [6, 6.07) is 4.60. The quantitative estimate of drug-likeness (QED) is 0.776. The van der Waals surface area contributed by atoms with Crippen LogP contribution in [0.15, 0.2) is 18.3 Å². The summed E-state index contributed by atoms with van der Waals surface area (Å²) in [5.41, 5.74) is 5.61.